The molecule has 1 heterocycles. The van der Waals surface area contributed by atoms with Gasteiger partial charge in [-0.15, -0.1) is 0 Å². The van der Waals surface area contributed by atoms with Crippen LogP contribution in [-0.2, 0) is 13.0 Å². The Morgan fingerprint density at radius 2 is 2.00 bits per heavy atom. The summed E-state index contributed by atoms with van der Waals surface area (Å²) < 4.78 is 12.3. The molecular formula is C15H21N3O3. The highest BCUT2D eigenvalue weighted by molar-refractivity contribution is 5.43. The van der Waals surface area contributed by atoms with E-state index in [1.807, 2.05) is 10.7 Å². The van der Waals surface area contributed by atoms with Crippen molar-refractivity contribution in [2.24, 2.45) is 0 Å². The van der Waals surface area contributed by atoms with E-state index in [1.54, 1.807) is 26.4 Å². The topological polar surface area (TPSA) is 69.4 Å². The highest BCUT2D eigenvalue weighted by Gasteiger charge is 2.15. The Bertz CT molecular complexity index is 583. The second-order valence-electron chi connectivity index (χ2n) is 4.73. The number of methoxy groups -OCH3 is 2. The highest BCUT2D eigenvalue weighted by Crippen LogP contribution is 2.30. The number of nitrogens with zero attached hydrogens (tertiary/aromatic N) is 3. The quantitative estimate of drug-likeness (QED) is 0.844. The van der Waals surface area contributed by atoms with Gasteiger partial charge in [0.25, 0.3) is 0 Å². The van der Waals surface area contributed by atoms with E-state index in [4.69, 9.17) is 9.47 Å². The van der Waals surface area contributed by atoms with E-state index in [0.29, 0.717) is 17.9 Å². The third-order valence-electron chi connectivity index (χ3n) is 3.30. The molecule has 0 aliphatic carbocycles. The van der Waals surface area contributed by atoms with E-state index in [0.717, 1.165) is 24.4 Å². The van der Waals surface area contributed by atoms with Gasteiger partial charge in [0, 0.05) is 13.0 Å². The summed E-state index contributed by atoms with van der Waals surface area (Å²) in [6.45, 7) is 2.88. The molecule has 0 bridgehead atoms. The Hall–Kier alpha value is -2.08. The Morgan fingerprint density at radius 3 is 2.67 bits per heavy atom. The van der Waals surface area contributed by atoms with Crippen molar-refractivity contribution in [3.63, 3.8) is 0 Å². The van der Waals surface area contributed by atoms with Gasteiger partial charge in [0.1, 0.15) is 12.2 Å². The normalized spacial score (nSPS) is 12.2. The molecule has 1 unspecified atom stereocenters. The molecule has 0 aliphatic rings. The van der Waals surface area contributed by atoms with Crippen molar-refractivity contribution < 1.29 is 14.6 Å². The molecule has 0 amide bonds. The third-order valence-corrected chi connectivity index (χ3v) is 3.30. The number of aromatic nitrogens is 3. The molecule has 0 aliphatic heterocycles. The Kier molecular flexibility index (Phi) is 5.16. The Morgan fingerprint density at radius 1 is 1.24 bits per heavy atom. The van der Waals surface area contributed by atoms with Crippen LogP contribution in [0.2, 0.25) is 0 Å². The van der Waals surface area contributed by atoms with Crippen LogP contribution in [0.5, 0.6) is 11.5 Å². The number of aliphatic hydroxyl groups is 1. The van der Waals surface area contributed by atoms with Crippen molar-refractivity contribution in [1.82, 2.24) is 14.8 Å². The lowest BCUT2D eigenvalue weighted by molar-refractivity contribution is 0.173. The maximum atomic E-state index is 10.4. The molecule has 1 N–H and O–H groups in total. The lowest BCUT2D eigenvalue weighted by atomic mass is 10.1. The number of rotatable bonds is 7. The summed E-state index contributed by atoms with van der Waals surface area (Å²) in [6, 6.07) is 5.39. The minimum absolute atomic E-state index is 0.412. The average molecular weight is 291 g/mol. The van der Waals surface area contributed by atoms with Gasteiger partial charge in [-0.1, -0.05) is 13.0 Å². The van der Waals surface area contributed by atoms with Crippen molar-refractivity contribution in [2.45, 2.75) is 32.4 Å². The standard InChI is InChI=1S/C15H21N3O3/c1-4-7-18-15(16-10-17-18)9-12(19)11-5-6-13(20-2)14(8-11)21-3/h5-6,8,10,12,19H,4,7,9H2,1-3H3. The maximum Gasteiger partial charge on any atom is 0.161 e. The van der Waals surface area contributed by atoms with E-state index in [2.05, 4.69) is 17.0 Å². The van der Waals surface area contributed by atoms with Gasteiger partial charge in [-0.2, -0.15) is 5.10 Å². The first kappa shape index (κ1) is 15.3. The fourth-order valence-electron chi connectivity index (χ4n) is 2.20. The maximum absolute atomic E-state index is 10.4. The zero-order valence-corrected chi connectivity index (χ0v) is 12.6. The molecule has 0 fully saturated rings. The second kappa shape index (κ2) is 7.08. The van der Waals surface area contributed by atoms with Crippen molar-refractivity contribution in [2.75, 3.05) is 14.2 Å². The molecule has 0 spiro atoms. The number of aryl methyl sites for hydroxylation is 1. The van der Waals surface area contributed by atoms with E-state index in [1.165, 1.54) is 6.33 Å². The summed E-state index contributed by atoms with van der Waals surface area (Å²) in [5.74, 6) is 2.02. The second-order valence-corrected chi connectivity index (χ2v) is 4.73. The minimum atomic E-state index is -0.662. The predicted molar refractivity (Wildman–Crippen MR) is 78.5 cm³/mol. The van der Waals surface area contributed by atoms with Gasteiger partial charge >= 0.3 is 0 Å². The van der Waals surface area contributed by atoms with Gasteiger partial charge in [-0.3, -0.25) is 4.68 Å². The molecule has 114 valence electrons. The molecule has 1 aromatic carbocycles. The fraction of sp³-hybridized carbons (Fsp3) is 0.467. The van der Waals surface area contributed by atoms with Crippen LogP contribution in [0, 0.1) is 0 Å². The molecule has 0 radical (unpaired) electrons. The van der Waals surface area contributed by atoms with Gasteiger partial charge < -0.3 is 14.6 Å². The first-order chi connectivity index (χ1) is 10.2. The number of hydrogen-bond acceptors (Lipinski definition) is 5. The van der Waals surface area contributed by atoms with Crippen LogP contribution in [0.3, 0.4) is 0 Å². The van der Waals surface area contributed by atoms with E-state index < -0.39 is 6.10 Å². The van der Waals surface area contributed by atoms with Crippen molar-refractivity contribution in [3.05, 3.63) is 35.9 Å². The summed E-state index contributed by atoms with van der Waals surface area (Å²) in [7, 11) is 3.16. The molecule has 1 aromatic heterocycles. The van der Waals surface area contributed by atoms with Gasteiger partial charge in [-0.05, 0) is 24.1 Å². The number of benzene rings is 1. The van der Waals surface area contributed by atoms with Gasteiger partial charge in [-0.25, -0.2) is 4.98 Å². The summed E-state index contributed by atoms with van der Waals surface area (Å²) in [5, 5.41) is 14.6. The van der Waals surface area contributed by atoms with Crippen LogP contribution in [0.15, 0.2) is 24.5 Å². The monoisotopic (exact) mass is 291 g/mol. The van der Waals surface area contributed by atoms with Crippen LogP contribution in [-0.4, -0.2) is 34.1 Å². The van der Waals surface area contributed by atoms with Crippen LogP contribution in [0.1, 0.15) is 30.8 Å². The smallest absolute Gasteiger partial charge is 0.161 e. The Labute approximate surface area is 124 Å². The third kappa shape index (κ3) is 3.52. The molecule has 2 rings (SSSR count). The first-order valence-electron chi connectivity index (χ1n) is 6.96. The molecule has 1 atom stereocenters. The van der Waals surface area contributed by atoms with Crippen molar-refractivity contribution in [1.29, 1.82) is 0 Å². The lowest BCUT2D eigenvalue weighted by Crippen LogP contribution is -2.10. The SMILES string of the molecule is CCCn1ncnc1CC(O)c1ccc(OC)c(OC)c1. The molecule has 0 saturated heterocycles. The van der Waals surface area contributed by atoms with Gasteiger partial charge in [0.15, 0.2) is 11.5 Å². The molecule has 6 heteroatoms. The first-order valence-corrected chi connectivity index (χ1v) is 6.96. The summed E-state index contributed by atoms with van der Waals surface area (Å²) in [6.07, 6.45) is 2.24. The van der Waals surface area contributed by atoms with Crippen LogP contribution in [0.25, 0.3) is 0 Å². The van der Waals surface area contributed by atoms with Crippen molar-refractivity contribution in [3.8, 4) is 11.5 Å². The number of ether oxygens (including phenoxy) is 2. The summed E-state index contributed by atoms with van der Waals surface area (Å²) in [4.78, 5) is 4.21. The minimum Gasteiger partial charge on any atom is -0.493 e. The Balaban J connectivity index is 2.16. The summed E-state index contributed by atoms with van der Waals surface area (Å²) >= 11 is 0. The van der Waals surface area contributed by atoms with Crippen LogP contribution >= 0.6 is 0 Å². The van der Waals surface area contributed by atoms with Gasteiger partial charge in [0.05, 0.1) is 20.3 Å². The van der Waals surface area contributed by atoms with Crippen LogP contribution < -0.4 is 9.47 Å². The predicted octanol–water partition coefficient (Wildman–Crippen LogP) is 1.98. The zero-order chi connectivity index (χ0) is 15.2. The lowest BCUT2D eigenvalue weighted by Gasteiger charge is -2.14. The van der Waals surface area contributed by atoms with E-state index in [-0.39, 0.29) is 0 Å². The molecule has 6 nitrogen and oxygen atoms in total. The van der Waals surface area contributed by atoms with Gasteiger partial charge in [0.2, 0.25) is 0 Å². The van der Waals surface area contributed by atoms with Crippen molar-refractivity contribution >= 4 is 0 Å². The van der Waals surface area contributed by atoms with E-state index in [9.17, 15) is 5.11 Å². The molecule has 2 aromatic rings. The fourth-order valence-corrected chi connectivity index (χ4v) is 2.20. The average Bonchev–Trinajstić information content (AvgIpc) is 2.94. The molecule has 21 heavy (non-hydrogen) atoms. The molecule has 0 saturated carbocycles. The highest BCUT2D eigenvalue weighted by atomic mass is 16.5. The number of hydrogen-bond donors (Lipinski definition) is 1. The summed E-state index contributed by atoms with van der Waals surface area (Å²) in [5.41, 5.74) is 0.763. The zero-order valence-electron chi connectivity index (χ0n) is 12.6. The largest absolute Gasteiger partial charge is 0.493 e. The van der Waals surface area contributed by atoms with Crippen LogP contribution in [0.4, 0.5) is 0 Å². The molecular weight excluding hydrogens is 270 g/mol. The van der Waals surface area contributed by atoms with E-state index >= 15 is 0 Å². The number of aliphatic hydroxyl groups excluding tert-OH is 1.